The van der Waals surface area contributed by atoms with E-state index in [0.29, 0.717) is 32.1 Å². The van der Waals surface area contributed by atoms with E-state index in [1.165, 1.54) is 0 Å². The summed E-state index contributed by atoms with van der Waals surface area (Å²) in [4.78, 5) is 14.4. The molecule has 0 spiro atoms. The highest BCUT2D eigenvalue weighted by molar-refractivity contribution is 8.00. The minimum Gasteiger partial charge on any atom is -0.493 e. The average molecular weight is 371 g/mol. The number of nitrogens with zero attached hydrogens (tertiary/aromatic N) is 1. The molecule has 4 rings (SSSR count). The first-order chi connectivity index (χ1) is 12.8. The first-order valence-corrected chi connectivity index (χ1v) is 9.82. The lowest BCUT2D eigenvalue weighted by Gasteiger charge is -2.26. The third-order valence-electron chi connectivity index (χ3n) is 4.41. The van der Waals surface area contributed by atoms with Gasteiger partial charge in [-0.1, -0.05) is 24.3 Å². The summed E-state index contributed by atoms with van der Waals surface area (Å²) >= 11 is 1.64. The molecule has 0 radical (unpaired) electrons. The SMILES string of the molecule is CCOc1ccccc1C1SCC(=O)N1Cc1ccc2c(c1)OCCO2. The van der Waals surface area contributed by atoms with E-state index >= 15 is 0 Å². The smallest absolute Gasteiger partial charge is 0.234 e. The van der Waals surface area contributed by atoms with Crippen molar-refractivity contribution in [2.24, 2.45) is 0 Å². The van der Waals surface area contributed by atoms with Crippen LogP contribution in [0.15, 0.2) is 42.5 Å². The van der Waals surface area contributed by atoms with Gasteiger partial charge in [-0.3, -0.25) is 4.79 Å². The molecule has 136 valence electrons. The number of benzene rings is 2. The maximum atomic E-state index is 12.5. The van der Waals surface area contributed by atoms with Crippen LogP contribution in [0.1, 0.15) is 23.4 Å². The molecule has 5 nitrogen and oxygen atoms in total. The van der Waals surface area contributed by atoms with Crippen LogP contribution in [0.5, 0.6) is 17.2 Å². The van der Waals surface area contributed by atoms with Gasteiger partial charge in [0.25, 0.3) is 0 Å². The molecule has 26 heavy (non-hydrogen) atoms. The molecule has 2 aliphatic heterocycles. The summed E-state index contributed by atoms with van der Waals surface area (Å²) in [5.41, 5.74) is 2.08. The molecular weight excluding hydrogens is 350 g/mol. The Kier molecular flexibility index (Phi) is 4.93. The fraction of sp³-hybridized carbons (Fsp3) is 0.350. The van der Waals surface area contributed by atoms with Gasteiger partial charge in [-0.05, 0) is 30.7 Å². The van der Waals surface area contributed by atoms with Crippen molar-refractivity contribution in [2.75, 3.05) is 25.6 Å². The van der Waals surface area contributed by atoms with Crippen molar-refractivity contribution in [1.29, 1.82) is 0 Å². The Morgan fingerprint density at radius 1 is 1.15 bits per heavy atom. The van der Waals surface area contributed by atoms with Gasteiger partial charge in [0, 0.05) is 12.1 Å². The van der Waals surface area contributed by atoms with Crippen molar-refractivity contribution < 1.29 is 19.0 Å². The highest BCUT2D eigenvalue weighted by Crippen LogP contribution is 2.43. The van der Waals surface area contributed by atoms with E-state index in [1.54, 1.807) is 11.8 Å². The molecule has 0 saturated carbocycles. The number of amides is 1. The second-order valence-electron chi connectivity index (χ2n) is 6.13. The van der Waals surface area contributed by atoms with Gasteiger partial charge in [-0.2, -0.15) is 0 Å². The molecule has 2 aromatic carbocycles. The van der Waals surface area contributed by atoms with Gasteiger partial charge in [-0.15, -0.1) is 11.8 Å². The number of hydrogen-bond acceptors (Lipinski definition) is 5. The number of fused-ring (bicyclic) bond motifs is 1. The van der Waals surface area contributed by atoms with Crippen LogP contribution in [-0.2, 0) is 11.3 Å². The van der Waals surface area contributed by atoms with E-state index in [9.17, 15) is 4.79 Å². The van der Waals surface area contributed by atoms with E-state index in [2.05, 4.69) is 0 Å². The molecule has 1 fully saturated rings. The Morgan fingerprint density at radius 2 is 1.96 bits per heavy atom. The van der Waals surface area contributed by atoms with Gasteiger partial charge in [0.15, 0.2) is 11.5 Å². The summed E-state index contributed by atoms with van der Waals surface area (Å²) in [7, 11) is 0. The van der Waals surface area contributed by atoms with Gasteiger partial charge in [0.1, 0.15) is 24.3 Å². The van der Waals surface area contributed by atoms with Crippen molar-refractivity contribution in [3.8, 4) is 17.2 Å². The number of ether oxygens (including phenoxy) is 3. The Morgan fingerprint density at radius 3 is 2.81 bits per heavy atom. The fourth-order valence-corrected chi connectivity index (χ4v) is 4.45. The highest BCUT2D eigenvalue weighted by Gasteiger charge is 2.34. The van der Waals surface area contributed by atoms with E-state index in [0.717, 1.165) is 28.4 Å². The molecule has 1 unspecified atom stereocenters. The molecule has 1 amide bonds. The Balaban J connectivity index is 1.59. The standard InChI is InChI=1S/C20H21NO4S/c1-2-23-16-6-4-3-5-15(16)20-21(19(22)13-26-20)12-14-7-8-17-18(11-14)25-10-9-24-17/h3-8,11,20H,2,9-10,12-13H2,1H3. The summed E-state index contributed by atoms with van der Waals surface area (Å²) in [5.74, 6) is 2.98. The van der Waals surface area contributed by atoms with E-state index in [1.807, 2.05) is 54.3 Å². The molecule has 2 aliphatic rings. The average Bonchev–Trinajstić information content (AvgIpc) is 3.03. The first-order valence-electron chi connectivity index (χ1n) is 8.77. The Hall–Kier alpha value is -2.34. The topological polar surface area (TPSA) is 48.0 Å². The van der Waals surface area contributed by atoms with Crippen molar-refractivity contribution in [3.63, 3.8) is 0 Å². The van der Waals surface area contributed by atoms with E-state index < -0.39 is 0 Å². The van der Waals surface area contributed by atoms with Crippen molar-refractivity contribution in [1.82, 2.24) is 4.90 Å². The second-order valence-corrected chi connectivity index (χ2v) is 7.20. The monoisotopic (exact) mass is 371 g/mol. The van der Waals surface area contributed by atoms with Gasteiger partial charge in [0.2, 0.25) is 5.91 Å². The van der Waals surface area contributed by atoms with Crippen LogP contribution >= 0.6 is 11.8 Å². The summed E-state index contributed by atoms with van der Waals surface area (Å²) in [6.07, 6.45) is 0. The molecule has 0 aliphatic carbocycles. The Labute approximate surface area is 157 Å². The van der Waals surface area contributed by atoms with Crippen molar-refractivity contribution in [3.05, 3.63) is 53.6 Å². The minimum absolute atomic E-state index is 0.0431. The molecule has 0 bridgehead atoms. The van der Waals surface area contributed by atoms with Gasteiger partial charge >= 0.3 is 0 Å². The number of hydrogen-bond donors (Lipinski definition) is 0. The molecular formula is C20H21NO4S. The maximum absolute atomic E-state index is 12.5. The molecule has 2 aromatic rings. The maximum Gasteiger partial charge on any atom is 0.234 e. The number of thioether (sulfide) groups is 1. The van der Waals surface area contributed by atoms with Gasteiger partial charge in [0.05, 0.1) is 12.4 Å². The summed E-state index contributed by atoms with van der Waals surface area (Å²) < 4.78 is 17.0. The molecule has 2 heterocycles. The van der Waals surface area contributed by atoms with Crippen LogP contribution in [0.3, 0.4) is 0 Å². The lowest BCUT2D eigenvalue weighted by atomic mass is 10.1. The van der Waals surface area contributed by atoms with Crippen LogP contribution < -0.4 is 14.2 Å². The zero-order valence-electron chi connectivity index (χ0n) is 14.6. The molecule has 1 saturated heterocycles. The largest absolute Gasteiger partial charge is 0.493 e. The van der Waals surface area contributed by atoms with Crippen molar-refractivity contribution >= 4 is 17.7 Å². The van der Waals surface area contributed by atoms with E-state index in [-0.39, 0.29) is 11.3 Å². The summed E-state index contributed by atoms with van der Waals surface area (Å²) in [6.45, 7) is 4.23. The van der Waals surface area contributed by atoms with Crippen molar-refractivity contribution in [2.45, 2.75) is 18.8 Å². The van der Waals surface area contributed by atoms with E-state index in [4.69, 9.17) is 14.2 Å². The molecule has 6 heteroatoms. The third kappa shape index (κ3) is 3.33. The predicted octanol–water partition coefficient (Wildman–Crippen LogP) is 3.63. The lowest BCUT2D eigenvalue weighted by Crippen LogP contribution is -2.28. The molecule has 0 N–H and O–H groups in total. The van der Waals surface area contributed by atoms with Crippen LogP contribution in [-0.4, -0.2) is 36.4 Å². The normalized spacial score (nSPS) is 18.9. The molecule has 1 atom stereocenters. The zero-order chi connectivity index (χ0) is 17.9. The van der Waals surface area contributed by atoms with Crippen LogP contribution in [0, 0.1) is 0 Å². The van der Waals surface area contributed by atoms with Gasteiger partial charge < -0.3 is 19.1 Å². The van der Waals surface area contributed by atoms with Gasteiger partial charge in [-0.25, -0.2) is 0 Å². The number of carbonyl (C=O) groups is 1. The lowest BCUT2D eigenvalue weighted by molar-refractivity contribution is -0.128. The first kappa shape index (κ1) is 17.1. The Bertz CT molecular complexity index is 810. The summed E-state index contributed by atoms with van der Waals surface area (Å²) in [5, 5.41) is -0.0431. The predicted molar refractivity (Wildman–Crippen MR) is 101 cm³/mol. The number of carbonyl (C=O) groups excluding carboxylic acids is 1. The van der Waals surface area contributed by atoms with Crippen LogP contribution in [0.4, 0.5) is 0 Å². The van der Waals surface area contributed by atoms with Crippen LogP contribution in [0.2, 0.25) is 0 Å². The second kappa shape index (κ2) is 7.50. The number of rotatable bonds is 5. The summed E-state index contributed by atoms with van der Waals surface area (Å²) in [6, 6.07) is 13.8. The van der Waals surface area contributed by atoms with Crippen LogP contribution in [0.25, 0.3) is 0 Å². The number of para-hydroxylation sites is 1. The minimum atomic E-state index is -0.0431. The zero-order valence-corrected chi connectivity index (χ0v) is 15.5. The molecule has 0 aromatic heterocycles. The highest BCUT2D eigenvalue weighted by atomic mass is 32.2. The fourth-order valence-electron chi connectivity index (χ4n) is 3.24. The quantitative estimate of drug-likeness (QED) is 0.803. The third-order valence-corrected chi connectivity index (χ3v) is 5.65.